The van der Waals surface area contributed by atoms with E-state index in [4.69, 9.17) is 0 Å². The topological polar surface area (TPSA) is 0 Å². The molecule has 0 spiro atoms. The van der Waals surface area contributed by atoms with Gasteiger partial charge < -0.3 is 0 Å². The average Bonchev–Trinajstić information content (AvgIpc) is 1.89. The fourth-order valence-corrected chi connectivity index (χ4v) is 1.18. The maximum absolute atomic E-state index is 3.50. The number of hydrogen-bond donors (Lipinski definition) is 0. The molecule has 45 valence electrons. The van der Waals surface area contributed by atoms with Crippen LogP contribution in [0, 0.1) is 0 Å². The van der Waals surface area contributed by atoms with Gasteiger partial charge in [0.25, 0.3) is 0 Å². The first-order valence-corrected chi connectivity index (χ1v) is 3.64. The Morgan fingerprint density at radius 3 is 2.44 bits per heavy atom. The van der Waals surface area contributed by atoms with Crippen LogP contribution in [-0.2, 0) is 6.42 Å². The monoisotopic (exact) mass is 133 g/mol. The minimum Gasteiger partial charge on any atom is -0.0642 e. The van der Waals surface area contributed by atoms with Crippen LogP contribution in [0.3, 0.4) is 0 Å². The summed E-state index contributed by atoms with van der Waals surface area (Å²) in [6.07, 6.45) is 1.10. The summed E-state index contributed by atoms with van der Waals surface area (Å²) >= 11 is 0. The van der Waals surface area contributed by atoms with Crippen molar-refractivity contribution in [2.45, 2.75) is 13.3 Å². The van der Waals surface area contributed by atoms with Gasteiger partial charge in [0.05, 0.1) is 10.2 Å². The van der Waals surface area contributed by atoms with Crippen molar-refractivity contribution >= 4 is 15.4 Å². The van der Waals surface area contributed by atoms with E-state index in [1.807, 2.05) is 6.07 Å². The summed E-state index contributed by atoms with van der Waals surface area (Å²) in [5.74, 6) is 0. The maximum atomic E-state index is 3.50. The predicted octanol–water partition coefficient (Wildman–Crippen LogP) is 1.04. The van der Waals surface area contributed by atoms with Crippen LogP contribution < -0.4 is 5.19 Å². The van der Waals surface area contributed by atoms with E-state index in [0.29, 0.717) is 0 Å². The van der Waals surface area contributed by atoms with Gasteiger partial charge in [-0.05, 0) is 12.0 Å². The summed E-state index contributed by atoms with van der Waals surface area (Å²) < 4.78 is 0. The largest absolute Gasteiger partial charge is 0.0715 e. The fraction of sp³-hybridized carbons (Fsp3) is 0.250. The molecule has 0 heterocycles. The van der Waals surface area contributed by atoms with Gasteiger partial charge in [-0.2, -0.15) is 0 Å². The third-order valence-electron chi connectivity index (χ3n) is 1.40. The molecule has 0 atom stereocenters. The number of hydrogen-bond acceptors (Lipinski definition) is 0. The van der Waals surface area contributed by atoms with Crippen molar-refractivity contribution in [2.75, 3.05) is 0 Å². The van der Waals surface area contributed by atoms with Crippen LogP contribution in [0.1, 0.15) is 12.5 Å². The van der Waals surface area contributed by atoms with Crippen molar-refractivity contribution in [1.82, 2.24) is 0 Å². The van der Waals surface area contributed by atoms with E-state index in [1.165, 1.54) is 10.8 Å². The first-order chi connectivity index (χ1) is 4.34. The Hall–Kier alpha value is -0.563. The first kappa shape index (κ1) is 6.56. The standard InChI is InChI=1S/C8H9Si/c1-2-7-5-3-4-6-8(7)9/h3-6H,2H2,1H3. The molecule has 0 saturated carbocycles. The summed E-state index contributed by atoms with van der Waals surface area (Å²) in [6.45, 7) is 2.15. The van der Waals surface area contributed by atoms with E-state index in [-0.39, 0.29) is 0 Å². The Kier molecular flexibility index (Phi) is 2.06. The minimum atomic E-state index is 1.10. The highest BCUT2D eigenvalue weighted by Gasteiger charge is 1.89. The van der Waals surface area contributed by atoms with Crippen molar-refractivity contribution in [1.29, 1.82) is 0 Å². The highest BCUT2D eigenvalue weighted by atomic mass is 28.1. The van der Waals surface area contributed by atoms with E-state index in [1.54, 1.807) is 0 Å². The zero-order valence-corrected chi connectivity index (χ0v) is 6.52. The molecule has 0 fully saturated rings. The molecule has 0 aliphatic heterocycles. The van der Waals surface area contributed by atoms with Crippen molar-refractivity contribution in [3.8, 4) is 0 Å². The molecule has 1 aromatic carbocycles. The quantitative estimate of drug-likeness (QED) is 0.502. The lowest BCUT2D eigenvalue weighted by Crippen LogP contribution is -2.07. The van der Waals surface area contributed by atoms with Crippen LogP contribution in [0.25, 0.3) is 0 Å². The number of benzene rings is 1. The lowest BCUT2D eigenvalue weighted by molar-refractivity contribution is 1.15. The van der Waals surface area contributed by atoms with Gasteiger partial charge in [-0.25, -0.2) is 0 Å². The molecule has 0 N–H and O–H groups in total. The van der Waals surface area contributed by atoms with Gasteiger partial charge in [-0.3, -0.25) is 0 Å². The van der Waals surface area contributed by atoms with Crippen molar-refractivity contribution in [2.24, 2.45) is 0 Å². The highest BCUT2D eigenvalue weighted by molar-refractivity contribution is 6.33. The number of rotatable bonds is 1. The second-order valence-electron chi connectivity index (χ2n) is 2.01. The summed E-state index contributed by atoms with van der Waals surface area (Å²) in [4.78, 5) is 0. The molecule has 0 unspecified atom stereocenters. The molecular formula is C8H9Si. The first-order valence-electron chi connectivity index (χ1n) is 3.14. The minimum absolute atomic E-state index is 1.10. The molecule has 1 heteroatoms. The summed E-state index contributed by atoms with van der Waals surface area (Å²) in [7, 11) is 3.50. The van der Waals surface area contributed by atoms with Gasteiger partial charge in [-0.15, -0.1) is 0 Å². The van der Waals surface area contributed by atoms with Gasteiger partial charge in [-0.1, -0.05) is 36.4 Å². The molecular weight excluding hydrogens is 124 g/mol. The van der Waals surface area contributed by atoms with E-state index < -0.39 is 0 Å². The van der Waals surface area contributed by atoms with Gasteiger partial charge >= 0.3 is 0 Å². The third kappa shape index (κ3) is 1.42. The van der Waals surface area contributed by atoms with Gasteiger partial charge in [0.15, 0.2) is 0 Å². The van der Waals surface area contributed by atoms with Crippen molar-refractivity contribution in [3.05, 3.63) is 29.8 Å². The fourth-order valence-electron chi connectivity index (χ4n) is 0.829. The lowest BCUT2D eigenvalue weighted by atomic mass is 10.2. The average molecular weight is 133 g/mol. The molecule has 3 radical (unpaired) electrons. The Morgan fingerprint density at radius 1 is 1.33 bits per heavy atom. The molecule has 0 bridgehead atoms. The second-order valence-corrected chi connectivity index (χ2v) is 2.55. The normalized spacial score (nSPS) is 9.56. The highest BCUT2D eigenvalue weighted by Crippen LogP contribution is 1.93. The maximum Gasteiger partial charge on any atom is 0.0715 e. The van der Waals surface area contributed by atoms with Gasteiger partial charge in [0.1, 0.15) is 0 Å². The van der Waals surface area contributed by atoms with Crippen LogP contribution in [0.2, 0.25) is 0 Å². The van der Waals surface area contributed by atoms with Gasteiger partial charge in [0.2, 0.25) is 0 Å². The molecule has 1 aromatic rings. The Bertz CT molecular complexity index is 194. The van der Waals surface area contributed by atoms with Crippen LogP contribution >= 0.6 is 0 Å². The molecule has 0 aliphatic rings. The Morgan fingerprint density at radius 2 is 2.00 bits per heavy atom. The summed E-state index contributed by atoms with van der Waals surface area (Å²) in [5.41, 5.74) is 1.37. The second kappa shape index (κ2) is 2.83. The van der Waals surface area contributed by atoms with E-state index in [2.05, 4.69) is 35.4 Å². The molecule has 0 nitrogen and oxygen atoms in total. The van der Waals surface area contributed by atoms with Crippen LogP contribution in [0.4, 0.5) is 0 Å². The SMILES string of the molecule is CCc1ccccc1[Si]. The molecule has 1 rings (SSSR count). The molecule has 0 amide bonds. The van der Waals surface area contributed by atoms with Crippen LogP contribution in [0.15, 0.2) is 24.3 Å². The van der Waals surface area contributed by atoms with E-state index in [0.717, 1.165) is 6.42 Å². The molecule has 0 aromatic heterocycles. The lowest BCUT2D eigenvalue weighted by Gasteiger charge is -1.98. The molecule has 9 heavy (non-hydrogen) atoms. The summed E-state index contributed by atoms with van der Waals surface area (Å²) in [5, 5.41) is 1.21. The smallest absolute Gasteiger partial charge is 0.0642 e. The molecule has 0 saturated heterocycles. The zero-order chi connectivity index (χ0) is 6.69. The van der Waals surface area contributed by atoms with E-state index in [9.17, 15) is 0 Å². The van der Waals surface area contributed by atoms with Crippen LogP contribution in [0.5, 0.6) is 0 Å². The number of aryl methyl sites for hydroxylation is 1. The van der Waals surface area contributed by atoms with Crippen LogP contribution in [-0.4, -0.2) is 10.2 Å². The third-order valence-corrected chi connectivity index (χ3v) is 1.89. The van der Waals surface area contributed by atoms with Crippen molar-refractivity contribution in [3.63, 3.8) is 0 Å². The van der Waals surface area contributed by atoms with Gasteiger partial charge in [0, 0.05) is 0 Å². The predicted molar refractivity (Wildman–Crippen MR) is 41.2 cm³/mol. The Balaban J connectivity index is 3.01. The molecule has 0 aliphatic carbocycles. The van der Waals surface area contributed by atoms with Crippen molar-refractivity contribution < 1.29 is 0 Å². The summed E-state index contributed by atoms with van der Waals surface area (Å²) in [6, 6.07) is 8.28. The van der Waals surface area contributed by atoms with E-state index >= 15 is 0 Å². The zero-order valence-electron chi connectivity index (χ0n) is 5.52. The Labute approximate surface area is 59.3 Å².